The Balaban J connectivity index is 0. The lowest BCUT2D eigenvalue weighted by Gasteiger charge is -1.85. The molecule has 0 spiro atoms. The molecule has 0 amide bonds. The average molecular weight is 124 g/mol. The maximum atomic E-state index is 4.67. The molecule has 0 bridgehead atoms. The van der Waals surface area contributed by atoms with Crippen molar-refractivity contribution >= 4 is 12.4 Å². The maximum absolute atomic E-state index is 4.67. The average Bonchev–Trinajstić information content (AvgIpc) is 1.61. The van der Waals surface area contributed by atoms with Crippen molar-refractivity contribution in [2.45, 2.75) is 6.42 Å². The molecule has 0 aliphatic carbocycles. The molecule has 2 N–H and O–H groups in total. The van der Waals surface area contributed by atoms with Gasteiger partial charge in [0.2, 0.25) is 0 Å². The van der Waals surface area contributed by atoms with Gasteiger partial charge in [0.25, 0.3) is 0 Å². The Morgan fingerprint density at radius 1 is 1.71 bits per heavy atom. The fraction of sp³-hybridized carbons (Fsp3) is 0.500. The first kappa shape index (κ1) is 10.0. The second kappa shape index (κ2) is 9.34. The molecular formula is C4H10ClNO. The van der Waals surface area contributed by atoms with E-state index in [1.165, 1.54) is 0 Å². The van der Waals surface area contributed by atoms with Crippen LogP contribution < -0.4 is 5.90 Å². The summed E-state index contributed by atoms with van der Waals surface area (Å²) in [4.78, 5) is 4.21. The van der Waals surface area contributed by atoms with E-state index in [1.54, 1.807) is 6.08 Å². The molecule has 7 heavy (non-hydrogen) atoms. The van der Waals surface area contributed by atoms with Crippen LogP contribution in [0.2, 0.25) is 0 Å². The van der Waals surface area contributed by atoms with Crippen LogP contribution in [0.1, 0.15) is 6.42 Å². The van der Waals surface area contributed by atoms with Crippen LogP contribution >= 0.6 is 12.4 Å². The third-order valence-corrected chi connectivity index (χ3v) is 0.440. The Hall–Kier alpha value is -0.0500. The highest BCUT2D eigenvalue weighted by Crippen LogP contribution is 1.74. The van der Waals surface area contributed by atoms with Gasteiger partial charge in [0.15, 0.2) is 0 Å². The van der Waals surface area contributed by atoms with E-state index in [4.69, 9.17) is 0 Å². The van der Waals surface area contributed by atoms with Crippen LogP contribution in [0.3, 0.4) is 0 Å². The Morgan fingerprint density at radius 3 is 2.43 bits per heavy atom. The number of nitrogens with two attached hydrogens (primary N) is 1. The molecule has 0 saturated carbocycles. The molecule has 0 aromatic heterocycles. The van der Waals surface area contributed by atoms with Crippen molar-refractivity contribution in [3.8, 4) is 0 Å². The Morgan fingerprint density at radius 2 is 2.29 bits per heavy atom. The summed E-state index contributed by atoms with van der Waals surface area (Å²) in [5.74, 6) is 4.67. The van der Waals surface area contributed by atoms with Gasteiger partial charge in [0.05, 0.1) is 6.61 Å². The largest absolute Gasteiger partial charge is 0.304 e. The fourth-order valence-corrected chi connectivity index (χ4v) is 0.151. The highest BCUT2D eigenvalue weighted by molar-refractivity contribution is 5.85. The van der Waals surface area contributed by atoms with E-state index in [1.807, 2.05) is 0 Å². The number of halogens is 1. The molecule has 0 saturated heterocycles. The molecule has 3 heteroatoms. The minimum Gasteiger partial charge on any atom is -0.304 e. The van der Waals surface area contributed by atoms with E-state index in [2.05, 4.69) is 17.3 Å². The number of rotatable bonds is 3. The topological polar surface area (TPSA) is 35.2 Å². The van der Waals surface area contributed by atoms with Gasteiger partial charge >= 0.3 is 0 Å². The van der Waals surface area contributed by atoms with Crippen molar-refractivity contribution < 1.29 is 4.84 Å². The van der Waals surface area contributed by atoms with Gasteiger partial charge < -0.3 is 4.84 Å². The van der Waals surface area contributed by atoms with Gasteiger partial charge in [-0.25, -0.2) is 5.90 Å². The third-order valence-electron chi connectivity index (χ3n) is 0.440. The summed E-state index contributed by atoms with van der Waals surface area (Å²) in [6.07, 6.45) is 2.59. The normalized spacial score (nSPS) is 7.00. The molecule has 0 heterocycles. The summed E-state index contributed by atoms with van der Waals surface area (Å²) in [6, 6.07) is 0. The van der Waals surface area contributed by atoms with Crippen LogP contribution in [0.5, 0.6) is 0 Å². The predicted octanol–water partition coefficient (Wildman–Crippen LogP) is 0.875. The zero-order chi connectivity index (χ0) is 4.83. The molecule has 0 fully saturated rings. The second-order valence-corrected chi connectivity index (χ2v) is 0.948. The molecule has 0 aliphatic rings. The Bertz CT molecular complexity index is 40.7. The van der Waals surface area contributed by atoms with E-state index in [9.17, 15) is 0 Å². The van der Waals surface area contributed by atoms with Gasteiger partial charge in [-0.1, -0.05) is 6.08 Å². The zero-order valence-electron chi connectivity index (χ0n) is 4.09. The summed E-state index contributed by atoms with van der Waals surface area (Å²) in [6.45, 7) is 4.04. The molecule has 0 unspecified atom stereocenters. The molecule has 0 atom stereocenters. The predicted molar refractivity (Wildman–Crippen MR) is 32.2 cm³/mol. The van der Waals surface area contributed by atoms with Gasteiger partial charge in [0.1, 0.15) is 0 Å². The third kappa shape index (κ3) is 10.7. The highest BCUT2D eigenvalue weighted by atomic mass is 35.5. The summed E-state index contributed by atoms with van der Waals surface area (Å²) in [7, 11) is 0. The molecular weight excluding hydrogens is 114 g/mol. The first-order chi connectivity index (χ1) is 2.91. The lowest BCUT2D eigenvalue weighted by atomic mass is 10.5. The van der Waals surface area contributed by atoms with Crippen LogP contribution in [-0.2, 0) is 4.84 Å². The van der Waals surface area contributed by atoms with Crippen LogP contribution in [0.4, 0.5) is 0 Å². The van der Waals surface area contributed by atoms with Crippen molar-refractivity contribution in [3.05, 3.63) is 12.7 Å². The van der Waals surface area contributed by atoms with E-state index < -0.39 is 0 Å². The smallest absolute Gasteiger partial charge is 0.0713 e. The van der Waals surface area contributed by atoms with E-state index >= 15 is 0 Å². The van der Waals surface area contributed by atoms with Gasteiger partial charge in [-0.15, -0.1) is 19.0 Å². The summed E-state index contributed by atoms with van der Waals surface area (Å²) >= 11 is 0. The minimum absolute atomic E-state index is 0. The van der Waals surface area contributed by atoms with E-state index in [0.717, 1.165) is 6.42 Å². The molecule has 0 radical (unpaired) electrons. The fourth-order valence-electron chi connectivity index (χ4n) is 0.151. The van der Waals surface area contributed by atoms with Crippen molar-refractivity contribution in [3.63, 3.8) is 0 Å². The minimum atomic E-state index is 0. The van der Waals surface area contributed by atoms with Crippen molar-refractivity contribution in [2.24, 2.45) is 5.90 Å². The highest BCUT2D eigenvalue weighted by Gasteiger charge is 1.70. The van der Waals surface area contributed by atoms with Crippen LogP contribution in [0.25, 0.3) is 0 Å². The van der Waals surface area contributed by atoms with Crippen molar-refractivity contribution in [2.75, 3.05) is 6.61 Å². The van der Waals surface area contributed by atoms with Crippen LogP contribution in [0, 0.1) is 0 Å². The van der Waals surface area contributed by atoms with Gasteiger partial charge in [-0.2, -0.15) is 0 Å². The van der Waals surface area contributed by atoms with Gasteiger partial charge in [-0.3, -0.25) is 0 Å². The molecule has 2 nitrogen and oxygen atoms in total. The Labute approximate surface area is 49.7 Å². The van der Waals surface area contributed by atoms with Crippen molar-refractivity contribution in [1.82, 2.24) is 0 Å². The molecule has 0 rings (SSSR count). The first-order valence-corrected chi connectivity index (χ1v) is 1.84. The molecule has 0 aromatic carbocycles. The molecule has 44 valence electrons. The lowest BCUT2D eigenvalue weighted by molar-refractivity contribution is 0.143. The first-order valence-electron chi connectivity index (χ1n) is 1.84. The Kier molecular flexibility index (Phi) is 13.4. The van der Waals surface area contributed by atoms with Gasteiger partial charge in [-0.05, 0) is 6.42 Å². The van der Waals surface area contributed by atoms with Crippen LogP contribution in [0.15, 0.2) is 12.7 Å². The standard InChI is InChI=1S/C4H9NO.ClH/c1-2-3-4-6-5;/h2H,1,3-5H2;1H. The molecule has 0 aliphatic heterocycles. The van der Waals surface area contributed by atoms with Crippen molar-refractivity contribution in [1.29, 1.82) is 0 Å². The maximum Gasteiger partial charge on any atom is 0.0713 e. The lowest BCUT2D eigenvalue weighted by Crippen LogP contribution is -1.98. The zero-order valence-corrected chi connectivity index (χ0v) is 4.91. The summed E-state index contributed by atoms with van der Waals surface area (Å²) < 4.78 is 0. The molecule has 0 aromatic rings. The van der Waals surface area contributed by atoms with Gasteiger partial charge in [0, 0.05) is 0 Å². The number of hydrogen-bond donors (Lipinski definition) is 1. The second-order valence-electron chi connectivity index (χ2n) is 0.948. The SMILES string of the molecule is C=CCCON.Cl. The quantitative estimate of drug-likeness (QED) is 0.344. The summed E-state index contributed by atoms with van der Waals surface area (Å²) in [5.41, 5.74) is 0. The van der Waals surface area contributed by atoms with Crippen LogP contribution in [-0.4, -0.2) is 6.61 Å². The number of hydrogen-bond acceptors (Lipinski definition) is 2. The van der Waals surface area contributed by atoms with E-state index in [-0.39, 0.29) is 12.4 Å². The summed E-state index contributed by atoms with van der Waals surface area (Å²) in [5, 5.41) is 0. The monoisotopic (exact) mass is 123 g/mol. The van der Waals surface area contributed by atoms with E-state index in [0.29, 0.717) is 6.61 Å².